The summed E-state index contributed by atoms with van der Waals surface area (Å²) in [5, 5.41) is 29.9. The first-order valence-corrected chi connectivity index (χ1v) is 8.87. The molecule has 3 atom stereocenters. The molecule has 2 fully saturated rings. The van der Waals surface area contributed by atoms with Crippen LogP contribution in [0.15, 0.2) is 16.4 Å². The Bertz CT molecular complexity index is 930. The lowest BCUT2D eigenvalue weighted by Crippen LogP contribution is -2.75. The summed E-state index contributed by atoms with van der Waals surface area (Å²) < 4.78 is 6.73. The first kappa shape index (κ1) is 18.2. The standard InChI is InChI=1S/C13H13N7O7S/c14-5(21)1-19-12(15-16-17-19)28-2-4-6(11(23)24)20-7-8(10(20)22)18(13(25)26)3-27-9(4)7/h7-9H,1-3H2,(H2,14,21)(H,23,24)(H,25,26)/t7-,8-,9?/m0/s1. The number of thioether (sulfide) groups is 1. The van der Waals surface area contributed by atoms with Crippen LogP contribution in [0.2, 0.25) is 0 Å². The van der Waals surface area contributed by atoms with Crippen molar-refractivity contribution in [3.63, 3.8) is 0 Å². The summed E-state index contributed by atoms with van der Waals surface area (Å²) in [5.41, 5.74) is 5.21. The van der Waals surface area contributed by atoms with E-state index in [1.807, 2.05) is 0 Å². The van der Waals surface area contributed by atoms with Crippen molar-refractivity contribution in [2.45, 2.75) is 29.9 Å². The molecule has 2 saturated heterocycles. The zero-order valence-corrected chi connectivity index (χ0v) is 14.8. The van der Waals surface area contributed by atoms with E-state index >= 15 is 0 Å². The zero-order valence-electron chi connectivity index (χ0n) is 14.0. The van der Waals surface area contributed by atoms with Crippen molar-refractivity contribution in [3.05, 3.63) is 11.3 Å². The Hall–Kier alpha value is -3.20. The van der Waals surface area contributed by atoms with Gasteiger partial charge in [0.25, 0.3) is 5.91 Å². The van der Waals surface area contributed by atoms with Gasteiger partial charge >= 0.3 is 12.1 Å². The largest absolute Gasteiger partial charge is 0.477 e. The van der Waals surface area contributed by atoms with Crippen LogP contribution in [-0.4, -0.2) is 94.8 Å². The van der Waals surface area contributed by atoms with Crippen LogP contribution in [0, 0.1) is 0 Å². The van der Waals surface area contributed by atoms with E-state index in [1.54, 1.807) is 0 Å². The van der Waals surface area contributed by atoms with Gasteiger partial charge in [-0.3, -0.25) is 19.4 Å². The van der Waals surface area contributed by atoms with E-state index in [9.17, 15) is 29.4 Å². The topological polar surface area (TPSA) is 194 Å². The molecule has 1 aromatic heterocycles. The van der Waals surface area contributed by atoms with Crippen molar-refractivity contribution in [3.8, 4) is 0 Å². The molecule has 0 saturated carbocycles. The van der Waals surface area contributed by atoms with E-state index in [-0.39, 0.29) is 29.9 Å². The first-order chi connectivity index (χ1) is 13.3. The van der Waals surface area contributed by atoms with Gasteiger partial charge in [-0.25, -0.2) is 14.3 Å². The van der Waals surface area contributed by atoms with Crippen LogP contribution in [0.3, 0.4) is 0 Å². The fourth-order valence-electron chi connectivity index (χ4n) is 3.56. The van der Waals surface area contributed by atoms with Gasteiger partial charge in [-0.2, -0.15) is 0 Å². The Morgan fingerprint density at radius 3 is 2.71 bits per heavy atom. The Balaban J connectivity index is 1.60. The van der Waals surface area contributed by atoms with Crippen molar-refractivity contribution in [1.82, 2.24) is 30.0 Å². The summed E-state index contributed by atoms with van der Waals surface area (Å²) >= 11 is 1.05. The van der Waals surface area contributed by atoms with Gasteiger partial charge in [-0.05, 0) is 10.4 Å². The quantitative estimate of drug-likeness (QED) is 0.331. The van der Waals surface area contributed by atoms with Gasteiger partial charge in [0.05, 0.1) is 6.04 Å². The Labute approximate surface area is 159 Å². The number of carboxylic acids is 1. The minimum atomic E-state index is -1.32. The number of hydrogen-bond donors (Lipinski definition) is 3. The first-order valence-electron chi connectivity index (χ1n) is 7.89. The third-order valence-corrected chi connectivity index (χ3v) is 5.66. The number of nitrogens with two attached hydrogens (primary N) is 1. The molecule has 3 aliphatic rings. The number of carboxylic acid groups (broad SMARTS) is 2. The number of aliphatic carboxylic acids is 1. The van der Waals surface area contributed by atoms with Gasteiger partial charge in [0.2, 0.25) is 11.1 Å². The molecule has 4 N–H and O–H groups in total. The predicted octanol–water partition coefficient (Wildman–Crippen LogP) is -2.48. The molecular weight excluding hydrogens is 398 g/mol. The third-order valence-electron chi connectivity index (χ3n) is 4.65. The van der Waals surface area contributed by atoms with E-state index in [2.05, 4.69) is 15.5 Å². The maximum atomic E-state index is 12.4. The fraction of sp³-hybridized carbons (Fsp3) is 0.462. The zero-order chi connectivity index (χ0) is 20.2. The molecule has 0 spiro atoms. The molecule has 3 aliphatic heterocycles. The SMILES string of the molecule is NC(=O)Cn1nnnc1SCC1=C(C(=O)O)N2C(=O)[C@@H]3[C@H]2C1OCN3C(=O)O. The van der Waals surface area contributed by atoms with Crippen molar-refractivity contribution >= 4 is 35.6 Å². The van der Waals surface area contributed by atoms with Gasteiger partial charge in [0.15, 0.2) is 0 Å². The van der Waals surface area contributed by atoms with E-state index in [1.165, 1.54) is 4.68 Å². The van der Waals surface area contributed by atoms with Gasteiger partial charge < -0.3 is 20.7 Å². The number of hydrogen-bond acceptors (Lipinski definition) is 9. The number of primary amides is 1. The van der Waals surface area contributed by atoms with E-state index in [0.29, 0.717) is 5.57 Å². The van der Waals surface area contributed by atoms with Crippen LogP contribution in [0.1, 0.15) is 0 Å². The van der Waals surface area contributed by atoms with Gasteiger partial charge in [0.1, 0.15) is 31.1 Å². The highest BCUT2D eigenvalue weighted by atomic mass is 32.2. The molecule has 28 heavy (non-hydrogen) atoms. The summed E-state index contributed by atoms with van der Waals surface area (Å²) in [6.07, 6.45) is -2.07. The summed E-state index contributed by atoms with van der Waals surface area (Å²) in [6, 6.07) is -1.70. The molecule has 0 radical (unpaired) electrons. The number of rotatable bonds is 6. The lowest BCUT2D eigenvalue weighted by Gasteiger charge is -2.51. The predicted molar refractivity (Wildman–Crippen MR) is 86.4 cm³/mol. The van der Waals surface area contributed by atoms with E-state index < -0.39 is 42.1 Å². The van der Waals surface area contributed by atoms with Gasteiger partial charge in [0, 0.05) is 11.3 Å². The van der Waals surface area contributed by atoms with E-state index in [4.69, 9.17) is 10.5 Å². The number of β-lactam (4-membered cyclic amide) rings is 1. The molecule has 0 bridgehead atoms. The molecule has 15 heteroatoms. The molecular formula is C13H13N7O7S. The maximum absolute atomic E-state index is 12.4. The third kappa shape index (κ3) is 2.58. The van der Waals surface area contributed by atoms with Crippen molar-refractivity contribution < 1.29 is 34.1 Å². The summed E-state index contributed by atoms with van der Waals surface area (Å²) in [7, 11) is 0. The highest BCUT2D eigenvalue weighted by Crippen LogP contribution is 2.46. The minimum absolute atomic E-state index is 0.0610. The molecule has 4 rings (SSSR count). The van der Waals surface area contributed by atoms with Crippen LogP contribution < -0.4 is 5.73 Å². The van der Waals surface area contributed by atoms with E-state index in [0.717, 1.165) is 21.6 Å². The summed E-state index contributed by atoms with van der Waals surface area (Å²) in [5.74, 6) is -2.51. The average molecular weight is 411 g/mol. The fourth-order valence-corrected chi connectivity index (χ4v) is 4.49. The molecule has 148 valence electrons. The number of amides is 3. The lowest BCUT2D eigenvalue weighted by atomic mass is 9.89. The number of nitrogens with zero attached hydrogens (tertiary/aromatic N) is 6. The number of tetrazole rings is 1. The number of aromatic nitrogens is 4. The van der Waals surface area contributed by atoms with Crippen LogP contribution in [0.4, 0.5) is 4.79 Å². The number of carbonyl (C=O) groups excluding carboxylic acids is 2. The second-order valence-corrected chi connectivity index (χ2v) is 7.11. The Morgan fingerprint density at radius 1 is 1.32 bits per heavy atom. The van der Waals surface area contributed by atoms with Gasteiger partial charge in [-0.1, -0.05) is 11.8 Å². The average Bonchev–Trinajstić information content (AvgIpc) is 3.18. The van der Waals surface area contributed by atoms with Crippen LogP contribution >= 0.6 is 11.8 Å². The molecule has 0 aromatic carbocycles. The molecule has 1 aromatic rings. The summed E-state index contributed by atoms with van der Waals surface area (Å²) in [6.45, 7) is -0.593. The Kier molecular flexibility index (Phi) is 4.19. The lowest BCUT2D eigenvalue weighted by molar-refractivity contribution is -0.182. The van der Waals surface area contributed by atoms with Crippen LogP contribution in [0.5, 0.6) is 0 Å². The molecule has 1 unspecified atom stereocenters. The minimum Gasteiger partial charge on any atom is -0.477 e. The molecule has 0 aliphatic carbocycles. The normalized spacial score (nSPS) is 25.6. The van der Waals surface area contributed by atoms with Crippen molar-refractivity contribution in [2.24, 2.45) is 5.73 Å². The van der Waals surface area contributed by atoms with Crippen LogP contribution in [-0.2, 0) is 25.7 Å². The molecule has 3 amide bonds. The highest BCUT2D eigenvalue weighted by molar-refractivity contribution is 7.99. The maximum Gasteiger partial charge on any atom is 0.409 e. The number of ether oxygens (including phenoxy) is 1. The molecule has 14 nitrogen and oxygen atoms in total. The molecule has 4 heterocycles. The van der Waals surface area contributed by atoms with Crippen molar-refractivity contribution in [2.75, 3.05) is 12.5 Å². The highest BCUT2D eigenvalue weighted by Gasteiger charge is 2.65. The van der Waals surface area contributed by atoms with Crippen molar-refractivity contribution in [1.29, 1.82) is 0 Å². The number of carbonyl (C=O) groups is 4. The smallest absolute Gasteiger partial charge is 0.409 e. The van der Waals surface area contributed by atoms with Gasteiger partial charge in [-0.15, -0.1) is 5.10 Å². The monoisotopic (exact) mass is 411 g/mol. The van der Waals surface area contributed by atoms with Crippen LogP contribution in [0.25, 0.3) is 0 Å². The second-order valence-electron chi connectivity index (χ2n) is 6.17. The summed E-state index contributed by atoms with van der Waals surface area (Å²) in [4.78, 5) is 48.5. The Morgan fingerprint density at radius 2 is 2.07 bits per heavy atom. The second kappa shape index (κ2) is 6.45.